The van der Waals surface area contributed by atoms with E-state index in [1.807, 2.05) is 0 Å². The molecule has 0 spiro atoms. The number of esters is 4. The highest BCUT2D eigenvalue weighted by atomic mass is 31.2. The Labute approximate surface area is 613 Å². The van der Waals surface area contributed by atoms with E-state index >= 15 is 0 Å². The van der Waals surface area contributed by atoms with E-state index in [-0.39, 0.29) is 25.7 Å². The highest BCUT2D eigenvalue weighted by Gasteiger charge is 2.30. The van der Waals surface area contributed by atoms with Crippen LogP contribution in [0.4, 0.5) is 0 Å². The smallest absolute Gasteiger partial charge is 0.462 e. The van der Waals surface area contributed by atoms with Gasteiger partial charge in [-0.1, -0.05) is 370 Å². The van der Waals surface area contributed by atoms with Gasteiger partial charge in [0, 0.05) is 25.7 Å². The standard InChI is InChI=1S/C81H158O17P2/c1-8-9-10-11-12-13-14-15-16-17-18-19-20-25-28-35-43-50-57-64-80(85)97-76(68-91-78(83)62-55-48-41-34-27-24-22-21-23-26-31-38-45-52-59-72(2)3)70-95-99(87,88)93-66-75(82)67-94-100(89,90)96-71-77(98-81(86)65-58-51-44-37-30-33-40-47-54-61-74(6)7)69-92-79(84)63-56-49-42-36-29-32-39-46-53-60-73(4)5/h72-77,82H,8-71H2,1-7H3,(H,87,88)(H,89,90)/t75-,76-,77-/m1/s1. The molecule has 0 rings (SSSR count). The van der Waals surface area contributed by atoms with Crippen LogP contribution >= 0.6 is 15.6 Å². The third-order valence-electron chi connectivity index (χ3n) is 18.9. The summed E-state index contributed by atoms with van der Waals surface area (Å²) in [5.41, 5.74) is 0. The number of unbranched alkanes of at least 4 members (excludes halogenated alkanes) is 47. The van der Waals surface area contributed by atoms with Crippen molar-refractivity contribution >= 4 is 39.5 Å². The number of hydrogen-bond donors (Lipinski definition) is 3. The zero-order valence-corrected chi connectivity index (χ0v) is 67.5. The lowest BCUT2D eigenvalue weighted by Crippen LogP contribution is -2.30. The van der Waals surface area contributed by atoms with Gasteiger partial charge in [0.2, 0.25) is 0 Å². The van der Waals surface area contributed by atoms with Crippen LogP contribution in [0.5, 0.6) is 0 Å². The first-order chi connectivity index (χ1) is 48.2. The van der Waals surface area contributed by atoms with Gasteiger partial charge in [0.05, 0.1) is 26.4 Å². The molecule has 0 heterocycles. The highest BCUT2D eigenvalue weighted by molar-refractivity contribution is 7.47. The van der Waals surface area contributed by atoms with Crippen molar-refractivity contribution in [3.05, 3.63) is 0 Å². The third kappa shape index (κ3) is 74.3. The lowest BCUT2D eigenvalue weighted by atomic mass is 10.0. The first-order valence-electron chi connectivity index (χ1n) is 41.8. The van der Waals surface area contributed by atoms with Crippen LogP contribution < -0.4 is 0 Å². The van der Waals surface area contributed by atoms with Gasteiger partial charge in [-0.15, -0.1) is 0 Å². The summed E-state index contributed by atoms with van der Waals surface area (Å²) in [4.78, 5) is 73.0. The van der Waals surface area contributed by atoms with Crippen LogP contribution in [0.15, 0.2) is 0 Å². The molecule has 0 saturated carbocycles. The Morgan fingerprint density at radius 1 is 0.270 bits per heavy atom. The summed E-state index contributed by atoms with van der Waals surface area (Å²) in [5.74, 6) is 0.168. The van der Waals surface area contributed by atoms with Gasteiger partial charge in [0.25, 0.3) is 0 Å². The average molecular weight is 1470 g/mol. The molecule has 594 valence electrons. The second-order valence-corrected chi connectivity index (χ2v) is 33.5. The second kappa shape index (κ2) is 71.3. The Morgan fingerprint density at radius 2 is 0.460 bits per heavy atom. The van der Waals surface area contributed by atoms with E-state index < -0.39 is 97.5 Å². The molecule has 0 aromatic carbocycles. The topological polar surface area (TPSA) is 237 Å². The van der Waals surface area contributed by atoms with Crippen molar-refractivity contribution in [3.63, 3.8) is 0 Å². The van der Waals surface area contributed by atoms with Crippen LogP contribution in [-0.2, 0) is 65.4 Å². The van der Waals surface area contributed by atoms with Gasteiger partial charge >= 0.3 is 39.5 Å². The number of carbonyl (C=O) groups is 4. The maximum Gasteiger partial charge on any atom is 0.472 e. The summed E-state index contributed by atoms with van der Waals surface area (Å²) < 4.78 is 68.7. The van der Waals surface area contributed by atoms with Gasteiger partial charge in [-0.05, 0) is 43.4 Å². The van der Waals surface area contributed by atoms with Crippen LogP contribution in [0.3, 0.4) is 0 Å². The molecule has 0 aliphatic rings. The van der Waals surface area contributed by atoms with Crippen molar-refractivity contribution in [2.24, 2.45) is 17.8 Å². The van der Waals surface area contributed by atoms with E-state index in [0.717, 1.165) is 108 Å². The van der Waals surface area contributed by atoms with Gasteiger partial charge in [-0.2, -0.15) is 0 Å². The van der Waals surface area contributed by atoms with Crippen molar-refractivity contribution in [2.75, 3.05) is 39.6 Å². The molecule has 100 heavy (non-hydrogen) atoms. The minimum Gasteiger partial charge on any atom is -0.462 e. The molecule has 0 aromatic heterocycles. The Hall–Kier alpha value is -1.94. The number of aliphatic hydroxyl groups is 1. The van der Waals surface area contributed by atoms with E-state index in [0.29, 0.717) is 25.7 Å². The molecule has 0 bridgehead atoms. The lowest BCUT2D eigenvalue weighted by molar-refractivity contribution is -0.161. The van der Waals surface area contributed by atoms with Gasteiger partial charge in [0.1, 0.15) is 19.3 Å². The maximum absolute atomic E-state index is 13.1. The maximum atomic E-state index is 13.1. The summed E-state index contributed by atoms with van der Waals surface area (Å²) in [5, 5.41) is 10.6. The van der Waals surface area contributed by atoms with Gasteiger partial charge in [-0.25, -0.2) is 9.13 Å². The fourth-order valence-corrected chi connectivity index (χ4v) is 14.1. The lowest BCUT2D eigenvalue weighted by Gasteiger charge is -2.21. The van der Waals surface area contributed by atoms with Crippen molar-refractivity contribution < 1.29 is 80.2 Å². The quantitative estimate of drug-likeness (QED) is 0.0222. The summed E-state index contributed by atoms with van der Waals surface area (Å²) in [6.07, 6.45) is 59.7. The Balaban J connectivity index is 5.25. The zero-order chi connectivity index (χ0) is 73.7. The molecule has 19 heteroatoms. The van der Waals surface area contributed by atoms with E-state index in [4.69, 9.17) is 37.0 Å². The predicted octanol–water partition coefficient (Wildman–Crippen LogP) is 24.1. The number of carbonyl (C=O) groups excluding carboxylic acids is 4. The van der Waals surface area contributed by atoms with Crippen molar-refractivity contribution in [1.82, 2.24) is 0 Å². The fourth-order valence-electron chi connectivity index (χ4n) is 12.5. The normalized spacial score (nSPS) is 14.0. The summed E-state index contributed by atoms with van der Waals surface area (Å²) >= 11 is 0. The van der Waals surface area contributed by atoms with Gasteiger partial charge in [-0.3, -0.25) is 37.3 Å². The summed E-state index contributed by atoms with van der Waals surface area (Å²) in [6.45, 7) is 11.9. The monoisotopic (exact) mass is 1470 g/mol. The van der Waals surface area contributed by atoms with Gasteiger partial charge < -0.3 is 33.8 Å². The fraction of sp³-hybridized carbons (Fsp3) is 0.951. The summed E-state index contributed by atoms with van der Waals surface area (Å²) in [7, 11) is -9.92. The average Bonchev–Trinajstić information content (AvgIpc) is 0.942. The van der Waals surface area contributed by atoms with Crippen molar-refractivity contribution in [1.29, 1.82) is 0 Å². The zero-order valence-electron chi connectivity index (χ0n) is 65.7. The molecule has 5 atom stereocenters. The first-order valence-corrected chi connectivity index (χ1v) is 44.8. The SMILES string of the molecule is CCCCCCCCCCCCCCCCCCCCCC(=O)O[C@H](COC(=O)CCCCCCCCCCCCCCCCC(C)C)COP(=O)(O)OC[C@@H](O)COP(=O)(O)OC[C@@H](COC(=O)CCCCCCCCCCCC(C)C)OC(=O)CCCCCCCCCCCC(C)C. The number of aliphatic hydroxyl groups excluding tert-OH is 1. The van der Waals surface area contributed by atoms with Crippen LogP contribution in [0.1, 0.15) is 421 Å². The number of ether oxygens (including phenoxy) is 4. The number of phosphoric ester groups is 2. The summed E-state index contributed by atoms with van der Waals surface area (Å²) in [6, 6.07) is 0. The minimum absolute atomic E-state index is 0.105. The third-order valence-corrected chi connectivity index (χ3v) is 20.8. The second-order valence-electron chi connectivity index (χ2n) is 30.6. The van der Waals surface area contributed by atoms with Crippen molar-refractivity contribution in [3.8, 4) is 0 Å². The molecule has 0 radical (unpaired) electrons. The molecule has 17 nitrogen and oxygen atoms in total. The molecule has 3 N–H and O–H groups in total. The Bertz CT molecular complexity index is 1940. The van der Waals surface area contributed by atoms with E-state index in [1.165, 1.54) is 231 Å². The molecule has 0 saturated heterocycles. The highest BCUT2D eigenvalue weighted by Crippen LogP contribution is 2.45. The molecular weight excluding hydrogens is 1310 g/mol. The molecule has 0 amide bonds. The Morgan fingerprint density at radius 3 is 0.680 bits per heavy atom. The number of rotatable bonds is 79. The van der Waals surface area contributed by atoms with Crippen LogP contribution in [0.2, 0.25) is 0 Å². The van der Waals surface area contributed by atoms with Crippen LogP contribution in [0.25, 0.3) is 0 Å². The predicted molar refractivity (Wildman–Crippen MR) is 409 cm³/mol. The molecule has 0 aromatic rings. The van der Waals surface area contributed by atoms with E-state index in [9.17, 15) is 43.2 Å². The van der Waals surface area contributed by atoms with E-state index in [2.05, 4.69) is 48.5 Å². The molecule has 0 fully saturated rings. The van der Waals surface area contributed by atoms with Crippen LogP contribution in [-0.4, -0.2) is 96.7 Å². The number of hydrogen-bond acceptors (Lipinski definition) is 15. The van der Waals surface area contributed by atoms with Crippen LogP contribution in [0, 0.1) is 17.8 Å². The number of phosphoric acid groups is 2. The largest absolute Gasteiger partial charge is 0.472 e. The molecule has 0 aliphatic heterocycles. The Kier molecular flexibility index (Phi) is 69.9. The van der Waals surface area contributed by atoms with Gasteiger partial charge in [0.15, 0.2) is 12.2 Å². The molecular formula is C81H158O17P2. The molecule has 2 unspecified atom stereocenters. The van der Waals surface area contributed by atoms with Crippen molar-refractivity contribution in [2.45, 2.75) is 439 Å². The van der Waals surface area contributed by atoms with E-state index in [1.54, 1.807) is 0 Å². The first kappa shape index (κ1) is 98.1. The molecule has 0 aliphatic carbocycles. The minimum atomic E-state index is -4.96.